The molecule has 2 nitrogen and oxygen atoms in total. The molecule has 0 aliphatic rings. The number of fused-ring (bicyclic) bond motifs is 1. The molecule has 0 aliphatic carbocycles. The summed E-state index contributed by atoms with van der Waals surface area (Å²) in [6.45, 7) is 2.31. The molecule has 3 aromatic carbocycles. The summed E-state index contributed by atoms with van der Waals surface area (Å²) in [6, 6.07) is 11.7. The van der Waals surface area contributed by atoms with Crippen LogP contribution in [-0.2, 0) is 6.61 Å². The Kier molecular flexibility index (Phi) is 4.60. The van der Waals surface area contributed by atoms with Crippen molar-refractivity contribution in [2.75, 3.05) is 6.61 Å². The van der Waals surface area contributed by atoms with Crippen molar-refractivity contribution in [2.45, 2.75) is 13.5 Å². The Bertz CT molecular complexity index is 878. The van der Waals surface area contributed by atoms with Crippen molar-refractivity contribution in [3.05, 3.63) is 71.5 Å². The Morgan fingerprint density at radius 3 is 2.29 bits per heavy atom. The van der Waals surface area contributed by atoms with Crippen LogP contribution in [0.4, 0.5) is 13.2 Å². The van der Waals surface area contributed by atoms with Gasteiger partial charge in [0.25, 0.3) is 0 Å². The van der Waals surface area contributed by atoms with Crippen LogP contribution >= 0.6 is 0 Å². The average Bonchev–Trinajstić information content (AvgIpc) is 2.58. The van der Waals surface area contributed by atoms with Gasteiger partial charge >= 0.3 is 0 Å². The van der Waals surface area contributed by atoms with Gasteiger partial charge in [0.1, 0.15) is 23.9 Å². The maximum absolute atomic E-state index is 14.0. The molecular weight excluding hydrogens is 317 g/mol. The van der Waals surface area contributed by atoms with Gasteiger partial charge in [-0.2, -0.15) is 0 Å². The highest BCUT2D eigenvalue weighted by molar-refractivity contribution is 5.84. The predicted molar refractivity (Wildman–Crippen MR) is 85.8 cm³/mol. The second-order valence-electron chi connectivity index (χ2n) is 5.22. The van der Waals surface area contributed by atoms with Crippen molar-refractivity contribution >= 4 is 10.8 Å². The molecule has 24 heavy (non-hydrogen) atoms. The van der Waals surface area contributed by atoms with Gasteiger partial charge in [0.05, 0.1) is 6.61 Å². The lowest BCUT2D eigenvalue weighted by atomic mass is 10.1. The van der Waals surface area contributed by atoms with Crippen LogP contribution in [0, 0.1) is 17.5 Å². The van der Waals surface area contributed by atoms with Gasteiger partial charge in [0.2, 0.25) is 0 Å². The Morgan fingerprint density at radius 2 is 1.54 bits per heavy atom. The Balaban J connectivity index is 1.77. The van der Waals surface area contributed by atoms with Gasteiger partial charge in [-0.05, 0) is 48.7 Å². The average molecular weight is 332 g/mol. The molecule has 124 valence electrons. The van der Waals surface area contributed by atoms with Gasteiger partial charge in [-0.15, -0.1) is 0 Å². The Labute approximate surface area is 137 Å². The van der Waals surface area contributed by atoms with E-state index in [0.29, 0.717) is 29.1 Å². The number of ether oxygens (including phenoxy) is 2. The SMILES string of the molecule is CCOc1ccc(COc2ccc3c(F)c(F)ccc3c2)c(F)c1. The normalized spacial score (nSPS) is 10.8. The van der Waals surface area contributed by atoms with Crippen LogP contribution in [0.1, 0.15) is 12.5 Å². The molecule has 0 spiro atoms. The summed E-state index contributed by atoms with van der Waals surface area (Å²) in [5, 5.41) is 0.688. The van der Waals surface area contributed by atoms with Crippen molar-refractivity contribution in [2.24, 2.45) is 0 Å². The summed E-state index contributed by atoms with van der Waals surface area (Å²) in [5.41, 5.74) is 0.379. The van der Waals surface area contributed by atoms with Crippen molar-refractivity contribution in [1.29, 1.82) is 0 Å². The van der Waals surface area contributed by atoms with E-state index in [4.69, 9.17) is 9.47 Å². The third kappa shape index (κ3) is 3.30. The van der Waals surface area contributed by atoms with Crippen molar-refractivity contribution in [3.63, 3.8) is 0 Å². The lowest BCUT2D eigenvalue weighted by Crippen LogP contribution is -2.00. The van der Waals surface area contributed by atoms with E-state index in [9.17, 15) is 13.2 Å². The van der Waals surface area contributed by atoms with Crippen LogP contribution in [0.5, 0.6) is 11.5 Å². The summed E-state index contributed by atoms with van der Waals surface area (Å²) in [7, 11) is 0. The van der Waals surface area contributed by atoms with E-state index >= 15 is 0 Å². The molecule has 0 amide bonds. The van der Waals surface area contributed by atoms with E-state index in [1.165, 1.54) is 24.3 Å². The zero-order chi connectivity index (χ0) is 17.1. The Morgan fingerprint density at radius 1 is 0.792 bits per heavy atom. The minimum Gasteiger partial charge on any atom is -0.494 e. The van der Waals surface area contributed by atoms with E-state index < -0.39 is 17.5 Å². The van der Waals surface area contributed by atoms with E-state index in [1.54, 1.807) is 18.2 Å². The molecule has 0 unspecified atom stereocenters. The topological polar surface area (TPSA) is 18.5 Å². The molecule has 3 rings (SSSR count). The smallest absolute Gasteiger partial charge is 0.166 e. The molecule has 0 fully saturated rings. The Hall–Kier alpha value is -2.69. The van der Waals surface area contributed by atoms with Crippen LogP contribution in [0.25, 0.3) is 10.8 Å². The summed E-state index contributed by atoms with van der Waals surface area (Å²) in [5.74, 6) is -1.30. The van der Waals surface area contributed by atoms with E-state index in [1.807, 2.05) is 6.92 Å². The summed E-state index contributed by atoms with van der Waals surface area (Å²) >= 11 is 0. The minimum absolute atomic E-state index is 0.0213. The zero-order valence-corrected chi connectivity index (χ0v) is 13.0. The van der Waals surface area contributed by atoms with Gasteiger partial charge in [0.15, 0.2) is 11.6 Å². The molecule has 0 N–H and O–H groups in total. The van der Waals surface area contributed by atoms with Crippen LogP contribution < -0.4 is 9.47 Å². The molecule has 0 saturated heterocycles. The fraction of sp³-hybridized carbons (Fsp3) is 0.158. The fourth-order valence-corrected chi connectivity index (χ4v) is 2.40. The van der Waals surface area contributed by atoms with Gasteiger partial charge in [-0.1, -0.05) is 6.07 Å². The quantitative estimate of drug-likeness (QED) is 0.636. The molecular formula is C19H15F3O2. The highest BCUT2D eigenvalue weighted by Crippen LogP contribution is 2.26. The number of halogens is 3. The van der Waals surface area contributed by atoms with Crippen LogP contribution in [0.3, 0.4) is 0 Å². The van der Waals surface area contributed by atoms with Gasteiger partial charge in [-0.25, -0.2) is 13.2 Å². The first-order chi connectivity index (χ1) is 11.6. The fourth-order valence-electron chi connectivity index (χ4n) is 2.40. The van der Waals surface area contributed by atoms with Crippen LogP contribution in [-0.4, -0.2) is 6.61 Å². The van der Waals surface area contributed by atoms with Crippen molar-refractivity contribution in [3.8, 4) is 11.5 Å². The highest BCUT2D eigenvalue weighted by Gasteiger charge is 2.09. The summed E-state index contributed by atoms with van der Waals surface area (Å²) in [4.78, 5) is 0. The predicted octanol–water partition coefficient (Wildman–Crippen LogP) is 5.23. The van der Waals surface area contributed by atoms with Gasteiger partial charge in [0, 0.05) is 17.0 Å². The third-order valence-electron chi connectivity index (χ3n) is 3.61. The molecule has 0 heterocycles. The maximum atomic E-state index is 14.0. The minimum atomic E-state index is -0.896. The lowest BCUT2D eigenvalue weighted by Gasteiger charge is -2.10. The molecule has 3 aromatic rings. The first kappa shape index (κ1) is 16.2. The second kappa shape index (κ2) is 6.83. The first-order valence-corrected chi connectivity index (χ1v) is 7.50. The number of rotatable bonds is 5. The van der Waals surface area contributed by atoms with E-state index in [0.717, 1.165) is 6.07 Å². The molecule has 0 aliphatic heterocycles. The van der Waals surface area contributed by atoms with E-state index in [2.05, 4.69) is 0 Å². The van der Waals surface area contributed by atoms with Crippen molar-refractivity contribution < 1.29 is 22.6 Å². The molecule has 0 aromatic heterocycles. The number of hydrogen-bond donors (Lipinski definition) is 0. The molecule has 0 radical (unpaired) electrons. The molecule has 0 bridgehead atoms. The number of benzene rings is 3. The van der Waals surface area contributed by atoms with Gasteiger partial charge < -0.3 is 9.47 Å². The number of hydrogen-bond acceptors (Lipinski definition) is 2. The summed E-state index contributed by atoms with van der Waals surface area (Å²) < 4.78 is 51.6. The largest absolute Gasteiger partial charge is 0.494 e. The molecule has 0 atom stereocenters. The summed E-state index contributed by atoms with van der Waals surface area (Å²) in [6.07, 6.45) is 0. The van der Waals surface area contributed by atoms with Crippen molar-refractivity contribution in [1.82, 2.24) is 0 Å². The van der Waals surface area contributed by atoms with Crippen LogP contribution in [0.2, 0.25) is 0 Å². The second-order valence-corrected chi connectivity index (χ2v) is 5.22. The first-order valence-electron chi connectivity index (χ1n) is 7.50. The monoisotopic (exact) mass is 332 g/mol. The maximum Gasteiger partial charge on any atom is 0.166 e. The molecule has 5 heteroatoms. The highest BCUT2D eigenvalue weighted by atomic mass is 19.2. The molecule has 0 saturated carbocycles. The van der Waals surface area contributed by atoms with Gasteiger partial charge in [-0.3, -0.25) is 0 Å². The zero-order valence-electron chi connectivity index (χ0n) is 13.0. The standard InChI is InChI=1S/C19H15F3O2/c1-2-23-15-5-3-13(18(21)10-15)11-24-14-6-7-16-12(9-14)4-8-17(20)19(16)22/h3-10H,2,11H2,1H3. The lowest BCUT2D eigenvalue weighted by molar-refractivity contribution is 0.298. The third-order valence-corrected chi connectivity index (χ3v) is 3.61. The van der Waals surface area contributed by atoms with Crippen LogP contribution in [0.15, 0.2) is 48.5 Å². The van der Waals surface area contributed by atoms with E-state index in [-0.39, 0.29) is 12.0 Å².